The largest absolute Gasteiger partial charge is 0.458 e. The fourth-order valence-electron chi connectivity index (χ4n) is 3.00. The summed E-state index contributed by atoms with van der Waals surface area (Å²) in [5.74, 6) is -0.130. The molecule has 0 amide bonds. The Kier molecular flexibility index (Phi) is 6.10. The van der Waals surface area contributed by atoms with Crippen LogP contribution < -0.4 is 10.9 Å². The molecule has 1 aliphatic heterocycles. The Morgan fingerprint density at radius 3 is 2.89 bits per heavy atom. The molecule has 0 radical (unpaired) electrons. The molecule has 144 valence electrons. The number of fused-ring (bicyclic) bond motifs is 1. The van der Waals surface area contributed by atoms with Gasteiger partial charge in [0.05, 0.1) is 17.1 Å². The number of ether oxygens (including phenoxy) is 1. The van der Waals surface area contributed by atoms with Crippen LogP contribution in [0.2, 0.25) is 0 Å². The van der Waals surface area contributed by atoms with Crippen molar-refractivity contribution in [2.45, 2.75) is 18.0 Å². The molecule has 2 N–H and O–H groups in total. The van der Waals surface area contributed by atoms with Crippen molar-refractivity contribution >= 4 is 23.5 Å². The number of thioether (sulfide) groups is 1. The quantitative estimate of drug-likeness (QED) is 0.321. The minimum Gasteiger partial charge on any atom is -0.458 e. The molecule has 3 heterocycles. The molecule has 0 spiro atoms. The van der Waals surface area contributed by atoms with E-state index < -0.39 is 11.9 Å². The lowest BCUT2D eigenvalue weighted by Crippen LogP contribution is -2.31. The number of nitrogens with one attached hydrogen (secondary N) is 2. The fourth-order valence-corrected chi connectivity index (χ4v) is 3.60. The van der Waals surface area contributed by atoms with Gasteiger partial charge in [-0.15, -0.1) is 6.58 Å². The maximum absolute atomic E-state index is 12.9. The van der Waals surface area contributed by atoms with Gasteiger partial charge in [0, 0.05) is 23.8 Å². The Morgan fingerprint density at radius 2 is 2.21 bits per heavy atom. The highest BCUT2D eigenvalue weighted by molar-refractivity contribution is 7.99. The maximum atomic E-state index is 12.9. The zero-order valence-electron chi connectivity index (χ0n) is 15.4. The molecule has 0 aliphatic carbocycles. The lowest BCUT2D eigenvalue weighted by atomic mass is 9.83. The van der Waals surface area contributed by atoms with Crippen molar-refractivity contribution in [1.29, 1.82) is 0 Å². The predicted molar refractivity (Wildman–Crippen MR) is 109 cm³/mol. The average Bonchev–Trinajstić information content (AvgIpc) is 2.70. The van der Waals surface area contributed by atoms with E-state index in [0.29, 0.717) is 39.1 Å². The van der Waals surface area contributed by atoms with Gasteiger partial charge in [0.15, 0.2) is 5.16 Å². The first-order valence-corrected chi connectivity index (χ1v) is 9.59. The number of esters is 1. The van der Waals surface area contributed by atoms with Gasteiger partial charge in [-0.25, -0.2) is 9.78 Å². The topological polar surface area (TPSA) is 97.0 Å². The molecule has 0 bridgehead atoms. The van der Waals surface area contributed by atoms with Crippen molar-refractivity contribution < 1.29 is 9.53 Å². The highest BCUT2D eigenvalue weighted by Crippen LogP contribution is 2.39. The molecule has 7 nitrogen and oxygen atoms in total. The van der Waals surface area contributed by atoms with Crippen molar-refractivity contribution in [2.75, 3.05) is 17.7 Å². The van der Waals surface area contributed by atoms with E-state index in [1.165, 1.54) is 17.8 Å². The van der Waals surface area contributed by atoms with Gasteiger partial charge in [0.25, 0.3) is 5.56 Å². The number of H-pyrrole nitrogens is 1. The Labute approximate surface area is 166 Å². The van der Waals surface area contributed by atoms with Crippen LogP contribution in [0.5, 0.6) is 0 Å². The zero-order valence-corrected chi connectivity index (χ0v) is 16.2. The molecule has 1 unspecified atom stereocenters. The van der Waals surface area contributed by atoms with E-state index in [4.69, 9.17) is 4.74 Å². The first kappa shape index (κ1) is 19.6. The molecule has 8 heteroatoms. The van der Waals surface area contributed by atoms with Crippen LogP contribution in [0.15, 0.2) is 71.1 Å². The summed E-state index contributed by atoms with van der Waals surface area (Å²) in [6.45, 7) is 9.08. The Balaban J connectivity index is 2.15. The summed E-state index contributed by atoms with van der Waals surface area (Å²) in [7, 11) is 0. The van der Waals surface area contributed by atoms with E-state index in [1.807, 2.05) is 6.07 Å². The lowest BCUT2D eigenvalue weighted by molar-refractivity contribution is -0.138. The van der Waals surface area contributed by atoms with Crippen molar-refractivity contribution in [2.24, 2.45) is 0 Å². The van der Waals surface area contributed by atoms with Gasteiger partial charge in [-0.2, -0.15) is 0 Å². The number of hydrogen-bond acceptors (Lipinski definition) is 7. The number of nitrogens with zero attached hydrogens (tertiary/aromatic N) is 2. The number of carbonyl (C=O) groups is 1. The summed E-state index contributed by atoms with van der Waals surface area (Å²) >= 11 is 1.37. The van der Waals surface area contributed by atoms with Crippen molar-refractivity contribution in [3.05, 3.63) is 82.6 Å². The molecule has 28 heavy (non-hydrogen) atoms. The van der Waals surface area contributed by atoms with Gasteiger partial charge in [-0.1, -0.05) is 36.6 Å². The number of rotatable bonds is 7. The number of aromatic amines is 1. The maximum Gasteiger partial charge on any atom is 0.337 e. The van der Waals surface area contributed by atoms with Gasteiger partial charge in [-0.05, 0) is 18.6 Å². The summed E-state index contributed by atoms with van der Waals surface area (Å²) < 4.78 is 5.26. The number of anilines is 1. The molecule has 0 fully saturated rings. The standard InChI is InChI=1S/C20H20N4O3S/c1-4-9-27-19(26)14-12(3)22-17-16(15(14)13-7-6-8-21-11-13)18(25)24-20(23-17)28-10-5-2/h4-8,11,15H,1-2,9-10H2,3H3,(H2,22,23,24,25). The molecular weight excluding hydrogens is 376 g/mol. The second-order valence-corrected chi connectivity index (χ2v) is 7.01. The third-order valence-corrected chi connectivity index (χ3v) is 5.00. The Hall–Kier alpha value is -3.13. The van der Waals surface area contributed by atoms with E-state index in [1.54, 1.807) is 31.5 Å². The summed E-state index contributed by atoms with van der Waals surface area (Å²) in [6, 6.07) is 3.58. The minimum absolute atomic E-state index is 0.0773. The van der Waals surface area contributed by atoms with Crippen LogP contribution in [0.4, 0.5) is 5.82 Å². The lowest BCUT2D eigenvalue weighted by Gasteiger charge is -2.28. The summed E-state index contributed by atoms with van der Waals surface area (Å²) in [5.41, 5.74) is 1.66. The molecule has 2 aromatic heterocycles. The van der Waals surface area contributed by atoms with Crippen LogP contribution in [0.25, 0.3) is 0 Å². The second-order valence-electron chi connectivity index (χ2n) is 6.00. The van der Waals surface area contributed by atoms with Crippen LogP contribution in [0, 0.1) is 0 Å². The predicted octanol–water partition coefficient (Wildman–Crippen LogP) is 3.00. The van der Waals surface area contributed by atoms with Crippen molar-refractivity contribution in [3.63, 3.8) is 0 Å². The van der Waals surface area contributed by atoms with Crippen LogP contribution in [0.3, 0.4) is 0 Å². The highest BCUT2D eigenvalue weighted by Gasteiger charge is 2.36. The smallest absolute Gasteiger partial charge is 0.337 e. The fraction of sp³-hybridized carbons (Fsp3) is 0.200. The van der Waals surface area contributed by atoms with Crippen LogP contribution in [-0.4, -0.2) is 33.3 Å². The monoisotopic (exact) mass is 396 g/mol. The van der Waals surface area contributed by atoms with Crippen LogP contribution in [-0.2, 0) is 9.53 Å². The number of pyridine rings is 1. The number of hydrogen-bond donors (Lipinski definition) is 2. The SMILES string of the molecule is C=CCOC(=O)C1=C(C)Nc2nc(SCC=C)[nH]c(=O)c2C1c1cccnc1. The van der Waals surface area contributed by atoms with Crippen LogP contribution >= 0.6 is 11.8 Å². The third-order valence-electron chi connectivity index (χ3n) is 4.13. The minimum atomic E-state index is -0.642. The first-order valence-electron chi connectivity index (χ1n) is 8.60. The highest BCUT2D eigenvalue weighted by atomic mass is 32.2. The Morgan fingerprint density at radius 1 is 1.39 bits per heavy atom. The van der Waals surface area contributed by atoms with E-state index in [2.05, 4.69) is 33.4 Å². The number of carbonyl (C=O) groups excluding carboxylic acids is 1. The van der Waals surface area contributed by atoms with E-state index in [9.17, 15) is 9.59 Å². The molecule has 0 saturated carbocycles. The van der Waals surface area contributed by atoms with Gasteiger partial charge in [0.2, 0.25) is 0 Å². The average molecular weight is 396 g/mol. The molecule has 1 aliphatic rings. The first-order chi connectivity index (χ1) is 13.6. The summed E-state index contributed by atoms with van der Waals surface area (Å²) in [4.78, 5) is 37.1. The van der Waals surface area contributed by atoms with Crippen molar-refractivity contribution in [3.8, 4) is 0 Å². The van der Waals surface area contributed by atoms with E-state index >= 15 is 0 Å². The molecule has 3 rings (SSSR count). The van der Waals surface area contributed by atoms with Gasteiger partial charge < -0.3 is 15.0 Å². The van der Waals surface area contributed by atoms with Gasteiger partial charge in [-0.3, -0.25) is 9.78 Å². The van der Waals surface area contributed by atoms with E-state index in [0.717, 1.165) is 0 Å². The zero-order chi connectivity index (χ0) is 20.1. The van der Waals surface area contributed by atoms with Gasteiger partial charge in [0.1, 0.15) is 12.4 Å². The number of allylic oxidation sites excluding steroid dienone is 1. The normalized spacial score (nSPS) is 15.4. The summed E-state index contributed by atoms with van der Waals surface area (Å²) in [5, 5.41) is 3.57. The third kappa shape index (κ3) is 3.91. The molecule has 2 aromatic rings. The molecule has 0 saturated heterocycles. The van der Waals surface area contributed by atoms with E-state index in [-0.39, 0.29) is 12.2 Å². The van der Waals surface area contributed by atoms with Crippen molar-refractivity contribution in [1.82, 2.24) is 15.0 Å². The van der Waals surface area contributed by atoms with Gasteiger partial charge >= 0.3 is 5.97 Å². The Bertz CT molecular complexity index is 998. The molecular formula is C20H20N4O3S. The number of aromatic nitrogens is 3. The molecule has 0 aromatic carbocycles. The molecule has 1 atom stereocenters. The van der Waals surface area contributed by atoms with Crippen LogP contribution in [0.1, 0.15) is 24.0 Å². The summed E-state index contributed by atoms with van der Waals surface area (Å²) in [6.07, 6.45) is 6.49. The second kappa shape index (κ2) is 8.71.